The number of ether oxygens (including phenoxy) is 1. The van der Waals surface area contributed by atoms with Gasteiger partial charge in [0.15, 0.2) is 0 Å². The van der Waals surface area contributed by atoms with E-state index in [9.17, 15) is 4.79 Å². The maximum absolute atomic E-state index is 11.7. The van der Waals surface area contributed by atoms with E-state index in [0.29, 0.717) is 10.6 Å². The van der Waals surface area contributed by atoms with Gasteiger partial charge in [-0.05, 0) is 31.9 Å². The van der Waals surface area contributed by atoms with E-state index in [4.69, 9.17) is 10.5 Å². The summed E-state index contributed by atoms with van der Waals surface area (Å²) < 4.78 is 4.76. The van der Waals surface area contributed by atoms with Crippen molar-refractivity contribution >= 4 is 23.0 Å². The van der Waals surface area contributed by atoms with Crippen LogP contribution in [0.1, 0.15) is 25.7 Å². The van der Waals surface area contributed by atoms with Gasteiger partial charge in [0.05, 0.1) is 12.8 Å². The Bertz CT molecular complexity index is 644. The molecule has 100 valence electrons. The first-order valence-corrected chi connectivity index (χ1v) is 6.82. The zero-order valence-electron chi connectivity index (χ0n) is 11.5. The predicted octanol–water partition coefficient (Wildman–Crippen LogP) is 3.71. The number of hydrogen-bond donors (Lipinski definition) is 1. The third-order valence-corrected chi connectivity index (χ3v) is 4.24. The molecule has 1 heterocycles. The number of methoxy groups -OCH3 is 1. The Labute approximate surface area is 117 Å². The lowest BCUT2D eigenvalue weighted by Gasteiger charge is -2.08. The molecule has 0 atom stereocenters. The first kappa shape index (κ1) is 13.6. The Morgan fingerprint density at radius 3 is 2.53 bits per heavy atom. The molecule has 2 aromatic rings. The summed E-state index contributed by atoms with van der Waals surface area (Å²) in [6.07, 6.45) is 0. The highest BCUT2D eigenvalue weighted by Crippen LogP contribution is 2.40. The average molecular weight is 275 g/mol. The van der Waals surface area contributed by atoms with Gasteiger partial charge in [-0.25, -0.2) is 4.79 Å². The van der Waals surface area contributed by atoms with Crippen LogP contribution in [0.5, 0.6) is 0 Å². The fourth-order valence-corrected chi connectivity index (χ4v) is 3.24. The van der Waals surface area contributed by atoms with Gasteiger partial charge in [-0.3, -0.25) is 0 Å². The fourth-order valence-electron chi connectivity index (χ4n) is 2.24. The molecule has 2 rings (SSSR count). The standard InChI is InChI=1S/C15H17NO2S/c1-8-5-6-11(9(2)7-8)12-10(3)19-14(13(12)16)15(17)18-4/h5-7H,16H2,1-4H3. The van der Waals surface area contributed by atoms with Crippen LogP contribution in [0.25, 0.3) is 11.1 Å². The maximum Gasteiger partial charge on any atom is 0.350 e. The molecular formula is C15H17NO2S. The summed E-state index contributed by atoms with van der Waals surface area (Å²) in [7, 11) is 1.37. The van der Waals surface area contributed by atoms with E-state index in [-0.39, 0.29) is 5.97 Å². The highest BCUT2D eigenvalue weighted by atomic mass is 32.1. The normalized spacial score (nSPS) is 10.5. The largest absolute Gasteiger partial charge is 0.465 e. The van der Waals surface area contributed by atoms with Crippen LogP contribution in [0, 0.1) is 20.8 Å². The molecule has 0 aliphatic carbocycles. The van der Waals surface area contributed by atoms with E-state index >= 15 is 0 Å². The van der Waals surface area contributed by atoms with Gasteiger partial charge < -0.3 is 10.5 Å². The third kappa shape index (κ3) is 2.36. The number of benzene rings is 1. The van der Waals surface area contributed by atoms with Crippen molar-refractivity contribution in [2.75, 3.05) is 12.8 Å². The zero-order chi connectivity index (χ0) is 14.2. The van der Waals surface area contributed by atoms with Gasteiger partial charge >= 0.3 is 5.97 Å². The van der Waals surface area contributed by atoms with E-state index in [1.807, 2.05) is 6.92 Å². The number of anilines is 1. The molecule has 0 bridgehead atoms. The number of thiophene rings is 1. The second-order valence-corrected chi connectivity index (χ2v) is 5.81. The van der Waals surface area contributed by atoms with Gasteiger partial charge in [-0.15, -0.1) is 11.3 Å². The van der Waals surface area contributed by atoms with Crippen LogP contribution < -0.4 is 5.73 Å². The van der Waals surface area contributed by atoms with Crippen LogP contribution in [0.4, 0.5) is 5.69 Å². The molecule has 0 unspecified atom stereocenters. The molecule has 2 N–H and O–H groups in total. The lowest BCUT2D eigenvalue weighted by Crippen LogP contribution is -2.02. The highest BCUT2D eigenvalue weighted by molar-refractivity contribution is 7.15. The maximum atomic E-state index is 11.7. The van der Waals surface area contributed by atoms with Crippen molar-refractivity contribution in [3.8, 4) is 11.1 Å². The van der Waals surface area contributed by atoms with E-state index in [1.165, 1.54) is 24.0 Å². The molecule has 0 aliphatic heterocycles. The number of aryl methyl sites for hydroxylation is 3. The zero-order valence-corrected chi connectivity index (χ0v) is 12.4. The summed E-state index contributed by atoms with van der Waals surface area (Å²) in [5.41, 5.74) is 11.0. The Hall–Kier alpha value is -1.81. The van der Waals surface area contributed by atoms with Crippen molar-refractivity contribution in [2.24, 2.45) is 0 Å². The molecule has 4 heteroatoms. The van der Waals surface area contributed by atoms with Gasteiger partial charge in [0.25, 0.3) is 0 Å². The molecular weight excluding hydrogens is 258 g/mol. The van der Waals surface area contributed by atoms with Crippen molar-refractivity contribution in [1.29, 1.82) is 0 Å². The Morgan fingerprint density at radius 1 is 1.26 bits per heavy atom. The molecule has 1 aromatic carbocycles. The molecule has 3 nitrogen and oxygen atoms in total. The van der Waals surface area contributed by atoms with E-state index in [1.54, 1.807) is 0 Å². The van der Waals surface area contributed by atoms with Gasteiger partial charge in [-0.1, -0.05) is 23.8 Å². The SMILES string of the molecule is COC(=O)c1sc(C)c(-c2ccc(C)cc2C)c1N. The summed E-state index contributed by atoms with van der Waals surface area (Å²) >= 11 is 1.38. The molecule has 0 radical (unpaired) electrons. The number of esters is 1. The van der Waals surface area contributed by atoms with Crippen molar-refractivity contribution in [3.63, 3.8) is 0 Å². The Kier molecular flexibility index (Phi) is 3.62. The summed E-state index contributed by atoms with van der Waals surface area (Å²) in [6.45, 7) is 6.08. The number of nitrogen functional groups attached to an aromatic ring is 1. The van der Waals surface area contributed by atoms with Gasteiger partial charge in [0.2, 0.25) is 0 Å². The minimum atomic E-state index is -0.374. The van der Waals surface area contributed by atoms with E-state index in [2.05, 4.69) is 32.0 Å². The van der Waals surface area contributed by atoms with Crippen molar-refractivity contribution in [3.05, 3.63) is 39.1 Å². The summed E-state index contributed by atoms with van der Waals surface area (Å²) in [6, 6.07) is 6.22. The lowest BCUT2D eigenvalue weighted by atomic mass is 9.98. The smallest absolute Gasteiger partial charge is 0.350 e. The van der Waals surface area contributed by atoms with Gasteiger partial charge in [0, 0.05) is 10.4 Å². The van der Waals surface area contributed by atoms with Crippen LogP contribution >= 0.6 is 11.3 Å². The molecule has 0 fully saturated rings. The number of carbonyl (C=O) groups is 1. The quantitative estimate of drug-likeness (QED) is 0.850. The van der Waals surface area contributed by atoms with Crippen LogP contribution in [0.15, 0.2) is 18.2 Å². The summed E-state index contributed by atoms with van der Waals surface area (Å²) in [5.74, 6) is -0.374. The lowest BCUT2D eigenvalue weighted by molar-refractivity contribution is 0.0607. The average Bonchev–Trinajstić information content (AvgIpc) is 2.65. The summed E-state index contributed by atoms with van der Waals surface area (Å²) in [5, 5.41) is 0. The minimum absolute atomic E-state index is 0.374. The predicted molar refractivity (Wildman–Crippen MR) is 79.7 cm³/mol. The molecule has 1 aromatic heterocycles. The van der Waals surface area contributed by atoms with E-state index in [0.717, 1.165) is 21.6 Å². The minimum Gasteiger partial charge on any atom is -0.465 e. The summed E-state index contributed by atoms with van der Waals surface area (Å²) in [4.78, 5) is 13.2. The Balaban J connectivity index is 2.63. The van der Waals surface area contributed by atoms with Gasteiger partial charge in [-0.2, -0.15) is 0 Å². The van der Waals surface area contributed by atoms with Crippen molar-refractivity contribution < 1.29 is 9.53 Å². The van der Waals surface area contributed by atoms with E-state index < -0.39 is 0 Å². The molecule has 0 saturated carbocycles. The second kappa shape index (κ2) is 5.05. The van der Waals surface area contributed by atoms with Crippen molar-refractivity contribution in [2.45, 2.75) is 20.8 Å². The van der Waals surface area contributed by atoms with Crippen LogP contribution in [-0.2, 0) is 4.74 Å². The second-order valence-electron chi connectivity index (χ2n) is 4.59. The third-order valence-electron chi connectivity index (χ3n) is 3.14. The molecule has 0 aliphatic rings. The fraction of sp³-hybridized carbons (Fsp3) is 0.267. The van der Waals surface area contributed by atoms with Crippen LogP contribution in [-0.4, -0.2) is 13.1 Å². The van der Waals surface area contributed by atoms with Gasteiger partial charge in [0.1, 0.15) is 4.88 Å². The first-order valence-electron chi connectivity index (χ1n) is 6.00. The number of rotatable bonds is 2. The number of nitrogens with two attached hydrogens (primary N) is 1. The number of carbonyl (C=O) groups excluding carboxylic acids is 1. The Morgan fingerprint density at radius 2 is 1.95 bits per heavy atom. The molecule has 0 saturated heterocycles. The first-order chi connectivity index (χ1) is 8.95. The molecule has 19 heavy (non-hydrogen) atoms. The van der Waals surface area contributed by atoms with Crippen LogP contribution in [0.3, 0.4) is 0 Å². The highest BCUT2D eigenvalue weighted by Gasteiger charge is 2.21. The monoisotopic (exact) mass is 275 g/mol. The molecule has 0 spiro atoms. The topological polar surface area (TPSA) is 52.3 Å². The van der Waals surface area contributed by atoms with Crippen molar-refractivity contribution in [1.82, 2.24) is 0 Å². The van der Waals surface area contributed by atoms with Crippen LogP contribution in [0.2, 0.25) is 0 Å². The number of hydrogen-bond acceptors (Lipinski definition) is 4. The molecule has 0 amide bonds.